The normalized spacial score (nSPS) is 11.0. The van der Waals surface area contributed by atoms with Crippen LogP contribution in [-0.4, -0.2) is 33.0 Å². The number of hydrogen-bond acceptors (Lipinski definition) is 6. The molecule has 0 unspecified atom stereocenters. The smallest absolute Gasteiger partial charge is 0.201 e. The Bertz CT molecular complexity index is 992. The number of halogens is 2. The summed E-state index contributed by atoms with van der Waals surface area (Å²) in [6, 6.07) is 2.38. The second-order valence-corrected chi connectivity index (χ2v) is 7.04. The molecule has 2 heterocycles. The Balaban J connectivity index is 2.04. The summed E-state index contributed by atoms with van der Waals surface area (Å²) in [6.07, 6.45) is 4.52. The Morgan fingerprint density at radius 1 is 1.21 bits per heavy atom. The van der Waals surface area contributed by atoms with Gasteiger partial charge in [0.05, 0.1) is 22.2 Å². The van der Waals surface area contributed by atoms with Crippen molar-refractivity contribution in [2.45, 2.75) is 26.7 Å². The lowest BCUT2D eigenvalue weighted by molar-refractivity contribution is 0.103. The molecule has 2 aromatic heterocycles. The lowest BCUT2D eigenvalue weighted by Crippen LogP contribution is -2.10. The van der Waals surface area contributed by atoms with Crippen LogP contribution in [0.15, 0.2) is 24.7 Å². The second-order valence-electron chi connectivity index (χ2n) is 6.14. The van der Waals surface area contributed by atoms with E-state index < -0.39 is 23.0 Å². The van der Waals surface area contributed by atoms with E-state index in [1.165, 1.54) is 30.5 Å². The molecule has 3 aromatic rings. The van der Waals surface area contributed by atoms with Crippen LogP contribution in [0, 0.1) is 11.6 Å². The van der Waals surface area contributed by atoms with Crippen LogP contribution in [0.3, 0.4) is 0 Å². The van der Waals surface area contributed by atoms with Crippen LogP contribution >= 0.6 is 11.9 Å². The van der Waals surface area contributed by atoms with Crippen LogP contribution in [0.1, 0.15) is 42.6 Å². The first kappa shape index (κ1) is 20.1. The molecule has 28 heavy (non-hydrogen) atoms. The second kappa shape index (κ2) is 9.01. The van der Waals surface area contributed by atoms with E-state index in [2.05, 4.69) is 25.0 Å². The van der Waals surface area contributed by atoms with E-state index in [1.54, 1.807) is 0 Å². The number of anilines is 2. The Morgan fingerprint density at radius 2 is 2.04 bits per heavy atom. The van der Waals surface area contributed by atoms with E-state index in [1.807, 2.05) is 13.8 Å². The molecular weight excluding hydrogens is 384 g/mol. The Kier molecular flexibility index (Phi) is 6.45. The molecule has 0 aliphatic carbocycles. The minimum absolute atomic E-state index is 0.0728. The van der Waals surface area contributed by atoms with Crippen LogP contribution in [0.2, 0.25) is 0 Å². The maximum Gasteiger partial charge on any atom is 0.201 e. The number of benzene rings is 1. The van der Waals surface area contributed by atoms with Gasteiger partial charge in [-0.1, -0.05) is 25.8 Å². The van der Waals surface area contributed by atoms with Crippen molar-refractivity contribution in [3.63, 3.8) is 0 Å². The zero-order valence-electron chi connectivity index (χ0n) is 15.6. The van der Waals surface area contributed by atoms with Gasteiger partial charge >= 0.3 is 0 Å². The first-order chi connectivity index (χ1) is 13.6. The zero-order valence-corrected chi connectivity index (χ0v) is 16.4. The predicted octanol–water partition coefficient (Wildman–Crippen LogP) is 4.76. The largest absolute Gasteiger partial charge is 0.369 e. The van der Waals surface area contributed by atoms with Crippen molar-refractivity contribution < 1.29 is 13.6 Å². The number of hydrogen-bond donors (Lipinski definition) is 3. The Morgan fingerprint density at radius 3 is 2.79 bits per heavy atom. The van der Waals surface area contributed by atoms with E-state index in [4.69, 9.17) is 0 Å². The summed E-state index contributed by atoms with van der Waals surface area (Å²) in [7, 11) is 0. The maximum absolute atomic E-state index is 14.9. The number of rotatable bonds is 9. The molecule has 0 radical (unpaired) electrons. The van der Waals surface area contributed by atoms with E-state index in [0.29, 0.717) is 23.4 Å². The lowest BCUT2D eigenvalue weighted by atomic mass is 10.0. The summed E-state index contributed by atoms with van der Waals surface area (Å²) >= 11 is 1.30. The number of aromatic nitrogens is 3. The third-order valence-corrected chi connectivity index (χ3v) is 5.04. The number of aromatic amines is 1. The molecule has 0 bridgehead atoms. The average Bonchev–Trinajstić information content (AvgIpc) is 3.13. The molecule has 3 rings (SSSR count). The zero-order chi connectivity index (χ0) is 20.1. The highest BCUT2D eigenvalue weighted by atomic mass is 32.2. The average molecular weight is 405 g/mol. The first-order valence-corrected chi connectivity index (χ1v) is 10.0. The topological polar surface area (TPSA) is 82.7 Å². The van der Waals surface area contributed by atoms with Gasteiger partial charge in [0.1, 0.15) is 23.6 Å². The van der Waals surface area contributed by atoms with E-state index in [0.717, 1.165) is 24.7 Å². The predicted molar refractivity (Wildman–Crippen MR) is 109 cm³/mol. The van der Waals surface area contributed by atoms with Crippen molar-refractivity contribution in [2.75, 3.05) is 22.3 Å². The monoisotopic (exact) mass is 405 g/mol. The molecule has 9 heteroatoms. The summed E-state index contributed by atoms with van der Waals surface area (Å²) in [4.78, 5) is 24.2. The van der Waals surface area contributed by atoms with Gasteiger partial charge in [-0.15, -0.1) is 0 Å². The molecule has 0 saturated heterocycles. The lowest BCUT2D eigenvalue weighted by Gasteiger charge is -2.11. The Labute approximate surface area is 165 Å². The molecule has 6 nitrogen and oxygen atoms in total. The minimum atomic E-state index is -0.914. The molecular formula is C19H21F2N5OS. The van der Waals surface area contributed by atoms with E-state index in [-0.39, 0.29) is 11.3 Å². The molecule has 3 N–H and O–H groups in total. The molecule has 0 aliphatic rings. The molecule has 1 aromatic carbocycles. The summed E-state index contributed by atoms with van der Waals surface area (Å²) in [6.45, 7) is 4.63. The van der Waals surface area contributed by atoms with Gasteiger partial charge in [0.15, 0.2) is 5.82 Å². The van der Waals surface area contributed by atoms with E-state index >= 15 is 0 Å². The maximum atomic E-state index is 14.9. The van der Waals surface area contributed by atoms with Gasteiger partial charge in [0, 0.05) is 18.5 Å². The van der Waals surface area contributed by atoms with Gasteiger partial charge in [-0.25, -0.2) is 18.7 Å². The number of H-pyrrole nitrogens is 1. The third kappa shape index (κ3) is 3.94. The Hall–Kier alpha value is -2.68. The van der Waals surface area contributed by atoms with Gasteiger partial charge in [0.25, 0.3) is 0 Å². The summed E-state index contributed by atoms with van der Waals surface area (Å²) in [5, 5.41) is 3.53. The van der Waals surface area contributed by atoms with Crippen LogP contribution < -0.4 is 10.0 Å². The molecule has 0 saturated carbocycles. The quantitative estimate of drug-likeness (QED) is 0.270. The van der Waals surface area contributed by atoms with E-state index in [9.17, 15) is 13.6 Å². The molecule has 0 fully saturated rings. The van der Waals surface area contributed by atoms with Gasteiger partial charge in [-0.3, -0.25) is 4.79 Å². The number of ketones is 1. The fraction of sp³-hybridized carbons (Fsp3) is 0.316. The van der Waals surface area contributed by atoms with Gasteiger partial charge in [-0.05, 0) is 25.0 Å². The van der Waals surface area contributed by atoms with Crippen molar-refractivity contribution in [1.82, 2.24) is 15.0 Å². The van der Waals surface area contributed by atoms with Crippen molar-refractivity contribution in [1.29, 1.82) is 0 Å². The SMILES string of the molecule is CCCNc1ncnc2[nH]cc(C(=O)c3c(F)ccc(NSCCC)c3F)c12. The molecule has 0 amide bonds. The van der Waals surface area contributed by atoms with Crippen LogP contribution in [0.25, 0.3) is 11.0 Å². The van der Waals surface area contributed by atoms with Crippen LogP contribution in [0.4, 0.5) is 20.3 Å². The highest BCUT2D eigenvalue weighted by molar-refractivity contribution is 8.00. The number of nitrogens with one attached hydrogen (secondary N) is 3. The molecule has 0 spiro atoms. The van der Waals surface area contributed by atoms with Gasteiger partial charge in [0.2, 0.25) is 5.78 Å². The number of carbonyl (C=O) groups is 1. The number of nitrogens with zero attached hydrogens (tertiary/aromatic N) is 2. The van der Waals surface area contributed by atoms with Crippen LogP contribution in [0.5, 0.6) is 0 Å². The standard InChI is InChI=1S/C19H21F2N5OS/c1-3-7-22-18-14-11(9-23-19(14)25-10-24-18)17(27)15-12(20)5-6-13(16(15)21)26-28-8-4-2/h5-6,9-10,26H,3-4,7-8H2,1-2H3,(H2,22,23,24,25). The van der Waals surface area contributed by atoms with Gasteiger partial charge in [-0.2, -0.15) is 0 Å². The molecule has 0 atom stereocenters. The third-order valence-electron chi connectivity index (χ3n) is 4.06. The first-order valence-electron chi connectivity index (χ1n) is 9.04. The van der Waals surface area contributed by atoms with Crippen molar-refractivity contribution in [3.05, 3.63) is 47.4 Å². The number of fused-ring (bicyclic) bond motifs is 1. The fourth-order valence-corrected chi connectivity index (χ4v) is 3.34. The molecule has 0 aliphatic heterocycles. The number of carbonyl (C=O) groups excluding carboxylic acids is 1. The minimum Gasteiger partial charge on any atom is -0.369 e. The van der Waals surface area contributed by atoms with Crippen molar-refractivity contribution in [3.8, 4) is 0 Å². The molecule has 148 valence electrons. The highest BCUT2D eigenvalue weighted by Gasteiger charge is 2.25. The van der Waals surface area contributed by atoms with Gasteiger partial charge < -0.3 is 15.0 Å². The van der Waals surface area contributed by atoms with Crippen molar-refractivity contribution >= 4 is 40.3 Å². The summed E-state index contributed by atoms with van der Waals surface area (Å²) in [5.74, 6) is -1.39. The van der Waals surface area contributed by atoms with Crippen molar-refractivity contribution in [2.24, 2.45) is 0 Å². The fourth-order valence-electron chi connectivity index (χ4n) is 2.72. The summed E-state index contributed by atoms with van der Waals surface area (Å²) in [5.41, 5.74) is 0.00725. The summed E-state index contributed by atoms with van der Waals surface area (Å²) < 4.78 is 32.2. The highest BCUT2D eigenvalue weighted by Crippen LogP contribution is 2.30. The van der Waals surface area contributed by atoms with Crippen LogP contribution in [-0.2, 0) is 0 Å².